The van der Waals surface area contributed by atoms with Crippen LogP contribution in [0.25, 0.3) is 10.8 Å². The first-order valence-corrected chi connectivity index (χ1v) is 13.2. The lowest BCUT2D eigenvalue weighted by atomic mass is 9.87. The van der Waals surface area contributed by atoms with Crippen LogP contribution in [-0.4, -0.2) is 39.2 Å². The first-order chi connectivity index (χ1) is 18.4. The predicted molar refractivity (Wildman–Crippen MR) is 148 cm³/mol. The Hall–Kier alpha value is -3.50. The molecule has 1 atom stereocenters. The topological polar surface area (TPSA) is 98.7 Å². The standard InChI is InChI=1S/C29H31F3N2O4S/c1-4-28(38,5-2)16-18(3)24(27(36)37)34-26(35)23-15-12-20-8-6-7-9-22(20)25(23)33-17-19-10-13-21(14-11-19)39-29(30,31)32/h6-15,24,33,38H,3-5,16-17H2,1-2H3,(H,34,35)(H,36,37)/t24-/m0/s1. The second-order valence-electron chi connectivity index (χ2n) is 9.27. The molecule has 0 saturated heterocycles. The minimum atomic E-state index is -4.38. The van der Waals surface area contributed by atoms with E-state index in [1.807, 2.05) is 18.2 Å². The van der Waals surface area contributed by atoms with E-state index in [-0.39, 0.29) is 40.8 Å². The molecule has 0 unspecified atom stereocenters. The van der Waals surface area contributed by atoms with Crippen molar-refractivity contribution in [2.24, 2.45) is 0 Å². The molecular formula is C29H31F3N2O4S. The third-order valence-electron chi connectivity index (χ3n) is 6.60. The van der Waals surface area contributed by atoms with E-state index in [2.05, 4.69) is 17.2 Å². The fraction of sp³-hybridized carbons (Fsp3) is 0.310. The Bertz CT molecular complexity index is 1340. The van der Waals surface area contributed by atoms with Crippen molar-refractivity contribution < 1.29 is 33.0 Å². The number of halogens is 3. The predicted octanol–water partition coefficient (Wildman–Crippen LogP) is 6.74. The summed E-state index contributed by atoms with van der Waals surface area (Å²) in [4.78, 5) is 25.5. The number of carbonyl (C=O) groups is 2. The van der Waals surface area contributed by atoms with Crippen molar-refractivity contribution in [2.45, 2.75) is 61.7 Å². The Morgan fingerprint density at radius 3 is 2.23 bits per heavy atom. The molecule has 0 fully saturated rings. The summed E-state index contributed by atoms with van der Waals surface area (Å²) in [6.45, 7) is 7.63. The highest BCUT2D eigenvalue weighted by molar-refractivity contribution is 8.00. The molecule has 0 bridgehead atoms. The van der Waals surface area contributed by atoms with Crippen LogP contribution in [0, 0.1) is 0 Å². The number of alkyl halides is 3. The molecule has 10 heteroatoms. The van der Waals surface area contributed by atoms with Crippen LogP contribution < -0.4 is 10.6 Å². The number of fused-ring (bicyclic) bond motifs is 1. The number of hydrogen-bond acceptors (Lipinski definition) is 5. The maximum absolute atomic E-state index is 13.4. The van der Waals surface area contributed by atoms with Gasteiger partial charge in [-0.05, 0) is 65.7 Å². The molecule has 6 nitrogen and oxygen atoms in total. The minimum Gasteiger partial charge on any atom is -0.479 e. The Morgan fingerprint density at radius 2 is 1.64 bits per heavy atom. The third-order valence-corrected chi connectivity index (χ3v) is 7.34. The molecule has 1 amide bonds. The van der Waals surface area contributed by atoms with E-state index in [0.29, 0.717) is 29.5 Å². The van der Waals surface area contributed by atoms with E-state index in [4.69, 9.17) is 0 Å². The zero-order valence-corrected chi connectivity index (χ0v) is 22.5. The van der Waals surface area contributed by atoms with Crippen LogP contribution >= 0.6 is 11.8 Å². The number of carboxylic acid groups (broad SMARTS) is 1. The molecule has 0 spiro atoms. The van der Waals surface area contributed by atoms with Gasteiger partial charge in [-0.1, -0.05) is 62.9 Å². The van der Waals surface area contributed by atoms with Crippen molar-refractivity contribution in [3.05, 3.63) is 83.9 Å². The molecule has 4 N–H and O–H groups in total. The number of amides is 1. The lowest BCUT2D eigenvalue weighted by molar-refractivity contribution is -0.138. The fourth-order valence-electron chi connectivity index (χ4n) is 4.22. The summed E-state index contributed by atoms with van der Waals surface area (Å²) >= 11 is -0.196. The Labute approximate surface area is 229 Å². The van der Waals surface area contributed by atoms with Crippen LogP contribution in [0.2, 0.25) is 0 Å². The normalized spacial score (nSPS) is 12.7. The molecule has 0 saturated carbocycles. The summed E-state index contributed by atoms with van der Waals surface area (Å²) in [6, 6.07) is 15.1. The Morgan fingerprint density at radius 1 is 1.00 bits per heavy atom. The molecule has 0 radical (unpaired) electrons. The van der Waals surface area contributed by atoms with Crippen molar-refractivity contribution in [3.63, 3.8) is 0 Å². The molecule has 0 aliphatic rings. The van der Waals surface area contributed by atoms with Crippen LogP contribution in [0.5, 0.6) is 0 Å². The number of carbonyl (C=O) groups excluding carboxylic acids is 1. The van der Waals surface area contributed by atoms with E-state index < -0.39 is 29.0 Å². The van der Waals surface area contributed by atoms with Gasteiger partial charge >= 0.3 is 11.5 Å². The highest BCUT2D eigenvalue weighted by Crippen LogP contribution is 2.37. The summed E-state index contributed by atoms with van der Waals surface area (Å²) in [6.07, 6.45) is 0.817. The number of nitrogens with one attached hydrogen (secondary N) is 2. The summed E-state index contributed by atoms with van der Waals surface area (Å²) in [5.74, 6) is -1.94. The smallest absolute Gasteiger partial charge is 0.446 e. The van der Waals surface area contributed by atoms with Crippen molar-refractivity contribution in [3.8, 4) is 0 Å². The number of aliphatic hydroxyl groups is 1. The quantitative estimate of drug-likeness (QED) is 0.145. The van der Waals surface area contributed by atoms with Gasteiger partial charge in [0, 0.05) is 16.8 Å². The first kappa shape index (κ1) is 30.0. The van der Waals surface area contributed by atoms with Gasteiger partial charge in [0.15, 0.2) is 0 Å². The van der Waals surface area contributed by atoms with E-state index >= 15 is 0 Å². The minimum absolute atomic E-state index is 0.0166. The van der Waals surface area contributed by atoms with Crippen LogP contribution in [0.15, 0.2) is 77.7 Å². The van der Waals surface area contributed by atoms with Gasteiger partial charge in [0.1, 0.15) is 6.04 Å². The van der Waals surface area contributed by atoms with Gasteiger partial charge in [-0.25, -0.2) is 4.79 Å². The largest absolute Gasteiger partial charge is 0.479 e. The molecule has 208 valence electrons. The number of thioether (sulfide) groups is 1. The van der Waals surface area contributed by atoms with Crippen LogP contribution in [0.3, 0.4) is 0 Å². The molecule has 39 heavy (non-hydrogen) atoms. The van der Waals surface area contributed by atoms with Gasteiger partial charge in [0.25, 0.3) is 5.91 Å². The van der Waals surface area contributed by atoms with E-state index in [0.717, 1.165) is 5.39 Å². The van der Waals surface area contributed by atoms with Gasteiger partial charge < -0.3 is 20.8 Å². The van der Waals surface area contributed by atoms with Gasteiger partial charge in [0.2, 0.25) is 0 Å². The molecule has 3 aromatic carbocycles. The lowest BCUT2D eigenvalue weighted by Gasteiger charge is -2.28. The molecule has 0 aliphatic carbocycles. The van der Waals surface area contributed by atoms with Crippen molar-refractivity contribution in [2.75, 3.05) is 5.32 Å². The third kappa shape index (κ3) is 8.00. The molecule has 0 aromatic heterocycles. The van der Waals surface area contributed by atoms with E-state index in [1.54, 1.807) is 44.2 Å². The van der Waals surface area contributed by atoms with Gasteiger partial charge in [-0.15, -0.1) is 0 Å². The highest BCUT2D eigenvalue weighted by Gasteiger charge is 2.31. The van der Waals surface area contributed by atoms with Gasteiger partial charge in [-0.2, -0.15) is 13.2 Å². The summed E-state index contributed by atoms with van der Waals surface area (Å²) < 4.78 is 37.9. The van der Waals surface area contributed by atoms with E-state index in [1.165, 1.54) is 12.1 Å². The number of aliphatic carboxylic acids is 1. The van der Waals surface area contributed by atoms with Crippen molar-refractivity contribution >= 4 is 40.1 Å². The molecular weight excluding hydrogens is 529 g/mol. The molecule has 3 rings (SSSR count). The second kappa shape index (κ2) is 12.6. The summed E-state index contributed by atoms with van der Waals surface area (Å²) in [7, 11) is 0. The van der Waals surface area contributed by atoms with E-state index in [9.17, 15) is 33.0 Å². The molecule has 0 aliphatic heterocycles. The number of anilines is 1. The Kier molecular flexibility index (Phi) is 9.68. The number of benzene rings is 3. The summed E-state index contributed by atoms with van der Waals surface area (Å²) in [5, 5.41) is 27.8. The number of carboxylic acids is 1. The van der Waals surface area contributed by atoms with Crippen LogP contribution in [-0.2, 0) is 11.3 Å². The SMILES string of the molecule is C=C(CC(O)(CC)CC)[C@H](NC(=O)c1ccc2ccccc2c1NCc1ccc(SC(F)(F)F)cc1)C(=O)O. The first-order valence-electron chi connectivity index (χ1n) is 12.4. The molecule has 3 aromatic rings. The Balaban J connectivity index is 1.87. The van der Waals surface area contributed by atoms with Crippen molar-refractivity contribution in [1.29, 1.82) is 0 Å². The van der Waals surface area contributed by atoms with Crippen LogP contribution in [0.1, 0.15) is 49.0 Å². The monoisotopic (exact) mass is 560 g/mol. The zero-order chi connectivity index (χ0) is 28.8. The maximum Gasteiger partial charge on any atom is 0.446 e. The fourth-order valence-corrected chi connectivity index (χ4v) is 4.76. The highest BCUT2D eigenvalue weighted by atomic mass is 32.2. The molecule has 0 heterocycles. The summed E-state index contributed by atoms with van der Waals surface area (Å²) in [5.41, 5.74) is -3.99. The second-order valence-corrected chi connectivity index (χ2v) is 10.4. The average molecular weight is 561 g/mol. The number of rotatable bonds is 12. The maximum atomic E-state index is 13.4. The zero-order valence-electron chi connectivity index (χ0n) is 21.6. The van der Waals surface area contributed by atoms with Crippen LogP contribution in [0.4, 0.5) is 18.9 Å². The number of hydrogen-bond donors (Lipinski definition) is 4. The average Bonchev–Trinajstić information content (AvgIpc) is 2.89. The van der Waals surface area contributed by atoms with Gasteiger partial charge in [-0.3, -0.25) is 4.79 Å². The van der Waals surface area contributed by atoms with Gasteiger partial charge in [0.05, 0.1) is 16.9 Å². The van der Waals surface area contributed by atoms with Crippen molar-refractivity contribution in [1.82, 2.24) is 5.32 Å². The lowest BCUT2D eigenvalue weighted by Crippen LogP contribution is -2.44.